The van der Waals surface area contributed by atoms with Gasteiger partial charge >= 0.3 is 5.97 Å². The van der Waals surface area contributed by atoms with E-state index in [0.29, 0.717) is 25.8 Å². The minimum absolute atomic E-state index is 0.0769. The molecule has 1 aliphatic heterocycles. The van der Waals surface area contributed by atoms with E-state index in [1.54, 1.807) is 13.8 Å². The van der Waals surface area contributed by atoms with Crippen molar-refractivity contribution in [2.45, 2.75) is 85.0 Å². The van der Waals surface area contributed by atoms with Crippen molar-refractivity contribution in [2.75, 3.05) is 6.54 Å². The maximum Gasteiger partial charge on any atom is 0.326 e. The second-order valence-corrected chi connectivity index (χ2v) is 8.90. The molecule has 1 fully saturated rings. The van der Waals surface area contributed by atoms with Gasteiger partial charge in [0.15, 0.2) is 0 Å². The molecule has 9 heteroatoms. The molecule has 3 amide bonds. The largest absolute Gasteiger partial charge is 0.480 e. The molecule has 1 aliphatic rings. The number of amides is 3. The van der Waals surface area contributed by atoms with Crippen molar-refractivity contribution in [3.63, 3.8) is 0 Å². The fraction of sp³-hybridized carbons (Fsp3) is 0.810. The Morgan fingerprint density at radius 3 is 2.10 bits per heavy atom. The minimum Gasteiger partial charge on any atom is -0.480 e. The van der Waals surface area contributed by atoms with Gasteiger partial charge in [-0.2, -0.15) is 0 Å². The fourth-order valence-electron chi connectivity index (χ4n) is 3.48. The highest BCUT2D eigenvalue weighted by Gasteiger charge is 2.40. The van der Waals surface area contributed by atoms with Crippen molar-refractivity contribution in [2.24, 2.45) is 23.5 Å². The summed E-state index contributed by atoms with van der Waals surface area (Å²) in [6, 6.07) is -3.30. The molecule has 0 aromatic carbocycles. The maximum atomic E-state index is 13.3. The first kappa shape index (κ1) is 25.9. The molecule has 0 radical (unpaired) electrons. The molecule has 0 bridgehead atoms. The zero-order valence-corrected chi connectivity index (χ0v) is 19.0. The summed E-state index contributed by atoms with van der Waals surface area (Å²) < 4.78 is 0. The van der Waals surface area contributed by atoms with Gasteiger partial charge in [-0.25, -0.2) is 4.79 Å². The third kappa shape index (κ3) is 6.42. The molecule has 0 aliphatic carbocycles. The van der Waals surface area contributed by atoms with E-state index in [0.717, 1.165) is 0 Å². The van der Waals surface area contributed by atoms with E-state index in [1.807, 2.05) is 27.7 Å². The average Bonchev–Trinajstić information content (AvgIpc) is 3.17. The maximum absolute atomic E-state index is 13.3. The Balaban J connectivity index is 3.00. The minimum atomic E-state index is -1.11. The van der Waals surface area contributed by atoms with E-state index >= 15 is 0 Å². The van der Waals surface area contributed by atoms with Crippen LogP contribution in [0.3, 0.4) is 0 Å². The first-order chi connectivity index (χ1) is 13.9. The van der Waals surface area contributed by atoms with Crippen molar-refractivity contribution < 1.29 is 24.3 Å². The average molecular weight is 427 g/mol. The summed E-state index contributed by atoms with van der Waals surface area (Å²) in [5.41, 5.74) is 5.93. The quantitative estimate of drug-likeness (QED) is 0.405. The van der Waals surface area contributed by atoms with Crippen LogP contribution in [-0.2, 0) is 19.2 Å². The van der Waals surface area contributed by atoms with Gasteiger partial charge in [0.25, 0.3) is 0 Å². The van der Waals surface area contributed by atoms with Gasteiger partial charge in [0.05, 0.1) is 6.04 Å². The van der Waals surface area contributed by atoms with Crippen molar-refractivity contribution in [3.8, 4) is 0 Å². The number of carboxylic acid groups (broad SMARTS) is 1. The number of aliphatic carboxylic acids is 1. The number of nitrogens with zero attached hydrogens (tertiary/aromatic N) is 1. The van der Waals surface area contributed by atoms with Crippen molar-refractivity contribution in [3.05, 3.63) is 0 Å². The van der Waals surface area contributed by atoms with Gasteiger partial charge in [-0.15, -0.1) is 0 Å². The van der Waals surface area contributed by atoms with E-state index in [4.69, 9.17) is 5.73 Å². The molecular weight excluding hydrogens is 388 g/mol. The Labute approximate surface area is 179 Å². The number of carbonyl (C=O) groups excluding carboxylic acids is 3. The van der Waals surface area contributed by atoms with E-state index in [2.05, 4.69) is 10.6 Å². The molecule has 172 valence electrons. The zero-order valence-electron chi connectivity index (χ0n) is 19.0. The van der Waals surface area contributed by atoms with Crippen LogP contribution in [0.2, 0.25) is 0 Å². The van der Waals surface area contributed by atoms with E-state index in [-0.39, 0.29) is 23.7 Å². The zero-order chi connectivity index (χ0) is 23.2. The van der Waals surface area contributed by atoms with E-state index < -0.39 is 42.0 Å². The standard InChI is InChI=1S/C21H38N4O5/c1-7-13(6)17(24-19(27)15(22)11(2)3)20(28)25-10-8-9-14(25)18(26)23-16(12(4)5)21(29)30/h11-17H,7-10,22H2,1-6H3,(H,23,26)(H,24,27)(H,29,30). The van der Waals surface area contributed by atoms with Crippen LogP contribution in [0.4, 0.5) is 0 Å². The number of carbonyl (C=O) groups is 4. The molecule has 0 spiro atoms. The molecular formula is C21H38N4O5. The monoisotopic (exact) mass is 426 g/mol. The van der Waals surface area contributed by atoms with Gasteiger partial charge in [-0.1, -0.05) is 48.0 Å². The Hall–Kier alpha value is -2.16. The summed E-state index contributed by atoms with van der Waals surface area (Å²) >= 11 is 0. The lowest BCUT2D eigenvalue weighted by Crippen LogP contribution is -2.59. The van der Waals surface area contributed by atoms with Gasteiger partial charge in [0.1, 0.15) is 18.1 Å². The molecule has 9 nitrogen and oxygen atoms in total. The summed E-state index contributed by atoms with van der Waals surface area (Å²) in [6.45, 7) is 11.3. The molecule has 1 saturated heterocycles. The smallest absolute Gasteiger partial charge is 0.326 e. The van der Waals surface area contributed by atoms with Crippen molar-refractivity contribution >= 4 is 23.7 Å². The van der Waals surface area contributed by atoms with Gasteiger partial charge in [0, 0.05) is 6.54 Å². The predicted octanol–water partition coefficient (Wildman–Crippen LogP) is 0.717. The molecule has 0 aromatic rings. The van der Waals surface area contributed by atoms with Crippen LogP contribution in [0, 0.1) is 17.8 Å². The normalized spacial score (nSPS) is 20.6. The lowest BCUT2D eigenvalue weighted by Gasteiger charge is -2.32. The molecule has 0 aromatic heterocycles. The highest BCUT2D eigenvalue weighted by atomic mass is 16.4. The van der Waals surface area contributed by atoms with Crippen LogP contribution in [0.5, 0.6) is 0 Å². The number of likely N-dealkylation sites (tertiary alicyclic amines) is 1. The Kier molecular flexibility index (Phi) is 9.74. The number of rotatable bonds is 10. The van der Waals surface area contributed by atoms with Gasteiger partial charge < -0.3 is 26.4 Å². The predicted molar refractivity (Wildman–Crippen MR) is 113 cm³/mol. The number of hydrogen-bond donors (Lipinski definition) is 4. The topological polar surface area (TPSA) is 142 Å². The Bertz CT molecular complexity index is 637. The number of nitrogens with two attached hydrogens (primary N) is 1. The number of nitrogens with one attached hydrogen (secondary N) is 2. The van der Waals surface area contributed by atoms with Gasteiger partial charge in [-0.05, 0) is 30.6 Å². The summed E-state index contributed by atoms with van der Waals surface area (Å²) in [4.78, 5) is 51.5. The SMILES string of the molecule is CCC(C)C(NC(=O)C(N)C(C)C)C(=O)N1CCCC1C(=O)NC(C(=O)O)C(C)C. The molecule has 1 heterocycles. The van der Waals surface area contributed by atoms with E-state index in [9.17, 15) is 24.3 Å². The third-order valence-electron chi connectivity index (χ3n) is 5.87. The fourth-order valence-corrected chi connectivity index (χ4v) is 3.48. The third-order valence-corrected chi connectivity index (χ3v) is 5.87. The van der Waals surface area contributed by atoms with Crippen molar-refractivity contribution in [1.82, 2.24) is 15.5 Å². The van der Waals surface area contributed by atoms with Crippen LogP contribution in [0.15, 0.2) is 0 Å². The van der Waals surface area contributed by atoms with Gasteiger partial charge in [0.2, 0.25) is 17.7 Å². The van der Waals surface area contributed by atoms with Crippen LogP contribution >= 0.6 is 0 Å². The second kappa shape index (κ2) is 11.3. The van der Waals surface area contributed by atoms with Crippen molar-refractivity contribution in [1.29, 1.82) is 0 Å². The number of hydrogen-bond acceptors (Lipinski definition) is 5. The first-order valence-electron chi connectivity index (χ1n) is 10.8. The first-order valence-corrected chi connectivity index (χ1v) is 10.8. The van der Waals surface area contributed by atoms with E-state index in [1.165, 1.54) is 4.90 Å². The van der Waals surface area contributed by atoms with Crippen LogP contribution < -0.4 is 16.4 Å². The van der Waals surface area contributed by atoms with Crippen LogP contribution in [0.1, 0.15) is 60.8 Å². The highest BCUT2D eigenvalue weighted by Crippen LogP contribution is 2.22. The molecule has 1 rings (SSSR count). The summed E-state index contributed by atoms with van der Waals surface area (Å²) in [6.07, 6.45) is 1.75. The van der Waals surface area contributed by atoms with Crippen LogP contribution in [0.25, 0.3) is 0 Å². The number of carboxylic acids is 1. The molecule has 0 saturated carbocycles. The lowest BCUT2D eigenvalue weighted by molar-refractivity contribution is -0.146. The second-order valence-electron chi connectivity index (χ2n) is 8.90. The summed E-state index contributed by atoms with van der Waals surface area (Å²) in [5.74, 6) is -2.82. The molecule has 30 heavy (non-hydrogen) atoms. The highest BCUT2D eigenvalue weighted by molar-refractivity contribution is 5.94. The molecule has 5 atom stereocenters. The summed E-state index contributed by atoms with van der Waals surface area (Å²) in [5, 5.41) is 14.7. The Morgan fingerprint density at radius 2 is 1.63 bits per heavy atom. The summed E-state index contributed by atoms with van der Waals surface area (Å²) in [7, 11) is 0. The Morgan fingerprint density at radius 1 is 1.03 bits per heavy atom. The molecule has 5 N–H and O–H groups in total. The van der Waals surface area contributed by atoms with Gasteiger partial charge in [-0.3, -0.25) is 14.4 Å². The van der Waals surface area contributed by atoms with Crippen LogP contribution in [-0.4, -0.2) is 64.4 Å². The lowest BCUT2D eigenvalue weighted by atomic mass is 9.96. The molecule has 5 unspecified atom stereocenters.